The predicted octanol–water partition coefficient (Wildman–Crippen LogP) is 1.59. The molecule has 5 heteroatoms. The lowest BCUT2D eigenvalue weighted by atomic mass is 9.79. The molecule has 1 fully saturated rings. The van der Waals surface area contributed by atoms with Crippen molar-refractivity contribution in [2.45, 2.75) is 37.3 Å². The molecule has 0 spiro atoms. The Hall–Kier alpha value is -1.62. The Labute approximate surface area is 112 Å². The molecule has 0 saturated heterocycles. The summed E-state index contributed by atoms with van der Waals surface area (Å²) in [6.45, 7) is 0. The van der Waals surface area contributed by atoms with Crippen molar-refractivity contribution in [3.8, 4) is 5.75 Å². The van der Waals surface area contributed by atoms with Crippen LogP contribution in [0.1, 0.15) is 25.7 Å². The maximum absolute atomic E-state index is 12.8. The number of nitrogens with two attached hydrogens (primary N) is 1. The molecular weight excluding hydrogens is 247 g/mol. The Morgan fingerprint density at radius 2 is 2.16 bits per heavy atom. The van der Waals surface area contributed by atoms with Crippen molar-refractivity contribution in [1.82, 2.24) is 5.32 Å². The first-order valence-corrected chi connectivity index (χ1v) is 6.47. The zero-order valence-corrected chi connectivity index (χ0v) is 11.0. The minimum Gasteiger partial charge on any atom is -0.490 e. The van der Waals surface area contributed by atoms with Crippen LogP contribution in [0.2, 0.25) is 0 Å². The first-order valence-electron chi connectivity index (χ1n) is 6.47. The van der Waals surface area contributed by atoms with Gasteiger partial charge in [0.05, 0.1) is 0 Å². The highest BCUT2D eigenvalue weighted by molar-refractivity contribution is 5.84. The first-order chi connectivity index (χ1) is 9.05. The van der Waals surface area contributed by atoms with Crippen LogP contribution in [-0.2, 0) is 4.79 Å². The minimum atomic E-state index is -0.692. The fraction of sp³-hybridized carbons (Fsp3) is 0.500. The number of primary amides is 1. The molecule has 2 rings (SSSR count). The van der Waals surface area contributed by atoms with Crippen LogP contribution < -0.4 is 15.8 Å². The van der Waals surface area contributed by atoms with Gasteiger partial charge >= 0.3 is 0 Å². The quantitative estimate of drug-likeness (QED) is 0.870. The van der Waals surface area contributed by atoms with E-state index in [0.29, 0.717) is 12.2 Å². The second-order valence-corrected chi connectivity index (χ2v) is 4.99. The number of rotatable bonds is 4. The molecule has 1 aromatic rings. The molecule has 104 valence electrons. The molecule has 0 bridgehead atoms. The van der Waals surface area contributed by atoms with Crippen LogP contribution in [0.25, 0.3) is 0 Å². The van der Waals surface area contributed by atoms with E-state index in [1.165, 1.54) is 12.1 Å². The molecule has 2 atom stereocenters. The van der Waals surface area contributed by atoms with E-state index in [1.54, 1.807) is 19.2 Å². The number of amides is 1. The highest BCUT2D eigenvalue weighted by Gasteiger charge is 2.40. The highest BCUT2D eigenvalue weighted by atomic mass is 19.1. The maximum Gasteiger partial charge on any atom is 0.237 e. The molecule has 1 aliphatic rings. The van der Waals surface area contributed by atoms with Gasteiger partial charge in [0.1, 0.15) is 23.2 Å². The normalized spacial score (nSPS) is 26.9. The number of likely N-dealkylation sites (N-methyl/N-ethyl adjacent to an activating group) is 1. The van der Waals surface area contributed by atoms with E-state index >= 15 is 0 Å². The number of ether oxygens (including phenoxy) is 1. The van der Waals surface area contributed by atoms with Crippen LogP contribution in [0.5, 0.6) is 5.75 Å². The summed E-state index contributed by atoms with van der Waals surface area (Å²) in [7, 11) is 1.74. The van der Waals surface area contributed by atoms with E-state index in [9.17, 15) is 9.18 Å². The summed E-state index contributed by atoms with van der Waals surface area (Å²) in [5.74, 6) is -0.0251. The van der Waals surface area contributed by atoms with Crippen LogP contribution in [0.3, 0.4) is 0 Å². The average molecular weight is 266 g/mol. The Bertz CT molecular complexity index is 449. The summed E-state index contributed by atoms with van der Waals surface area (Å²) in [6.07, 6.45) is 2.92. The van der Waals surface area contributed by atoms with Gasteiger partial charge in [-0.25, -0.2) is 4.39 Å². The number of benzene rings is 1. The molecule has 1 aromatic carbocycles. The van der Waals surface area contributed by atoms with Crippen molar-refractivity contribution in [2.75, 3.05) is 7.05 Å². The zero-order valence-electron chi connectivity index (χ0n) is 11.0. The van der Waals surface area contributed by atoms with Gasteiger partial charge in [0.15, 0.2) is 0 Å². The first kappa shape index (κ1) is 13.8. The van der Waals surface area contributed by atoms with Gasteiger partial charge in [0.25, 0.3) is 0 Å². The van der Waals surface area contributed by atoms with Gasteiger partial charge in [-0.1, -0.05) is 0 Å². The lowest BCUT2D eigenvalue weighted by molar-refractivity contribution is -0.126. The molecular formula is C14H19FN2O2. The van der Waals surface area contributed by atoms with Gasteiger partial charge in [0, 0.05) is 6.42 Å². The van der Waals surface area contributed by atoms with Crippen molar-refractivity contribution < 1.29 is 13.9 Å². The third-order valence-electron chi connectivity index (χ3n) is 3.77. The summed E-state index contributed by atoms with van der Waals surface area (Å²) >= 11 is 0. The molecule has 0 aliphatic heterocycles. The lowest BCUT2D eigenvalue weighted by Gasteiger charge is -2.38. The number of hydrogen-bond acceptors (Lipinski definition) is 3. The van der Waals surface area contributed by atoms with Crippen molar-refractivity contribution in [2.24, 2.45) is 5.73 Å². The molecule has 1 aliphatic carbocycles. The van der Waals surface area contributed by atoms with Crippen LogP contribution >= 0.6 is 0 Å². The molecule has 0 radical (unpaired) electrons. The molecule has 19 heavy (non-hydrogen) atoms. The minimum absolute atomic E-state index is 0.0841. The Balaban J connectivity index is 2.05. The van der Waals surface area contributed by atoms with Crippen LogP contribution in [-0.4, -0.2) is 24.6 Å². The number of hydrogen-bond donors (Lipinski definition) is 2. The van der Waals surface area contributed by atoms with Gasteiger partial charge in [0.2, 0.25) is 5.91 Å². The van der Waals surface area contributed by atoms with Gasteiger partial charge < -0.3 is 15.8 Å². The number of carbonyl (C=O) groups excluding carboxylic acids is 1. The summed E-state index contributed by atoms with van der Waals surface area (Å²) in [4.78, 5) is 11.6. The smallest absolute Gasteiger partial charge is 0.237 e. The van der Waals surface area contributed by atoms with E-state index in [4.69, 9.17) is 10.5 Å². The summed E-state index contributed by atoms with van der Waals surface area (Å²) in [5.41, 5.74) is 4.79. The molecule has 1 amide bonds. The van der Waals surface area contributed by atoms with Crippen LogP contribution in [0.4, 0.5) is 4.39 Å². The molecule has 0 heterocycles. The van der Waals surface area contributed by atoms with Gasteiger partial charge in [-0.05, 0) is 50.6 Å². The average Bonchev–Trinajstić information content (AvgIpc) is 2.41. The summed E-state index contributed by atoms with van der Waals surface area (Å²) in [6, 6.07) is 5.90. The zero-order chi connectivity index (χ0) is 13.9. The molecule has 3 N–H and O–H groups in total. The number of carbonyl (C=O) groups is 1. The van der Waals surface area contributed by atoms with Gasteiger partial charge in [-0.3, -0.25) is 4.79 Å². The second kappa shape index (κ2) is 5.57. The fourth-order valence-corrected chi connectivity index (χ4v) is 2.60. The van der Waals surface area contributed by atoms with E-state index in [0.717, 1.165) is 19.3 Å². The molecule has 2 unspecified atom stereocenters. The standard InChI is InChI=1S/C14H19FN2O2/c1-17-14(13(16)18)8-2-3-12(9-14)19-11-6-4-10(15)5-7-11/h4-7,12,17H,2-3,8-9H2,1H3,(H2,16,18). The molecule has 0 aromatic heterocycles. The third kappa shape index (κ3) is 3.04. The largest absolute Gasteiger partial charge is 0.490 e. The van der Waals surface area contributed by atoms with Crippen LogP contribution in [0, 0.1) is 5.82 Å². The highest BCUT2D eigenvalue weighted by Crippen LogP contribution is 2.30. The van der Waals surface area contributed by atoms with Crippen molar-refractivity contribution in [1.29, 1.82) is 0 Å². The summed E-state index contributed by atoms with van der Waals surface area (Å²) in [5, 5.41) is 3.03. The van der Waals surface area contributed by atoms with Crippen molar-refractivity contribution in [3.63, 3.8) is 0 Å². The van der Waals surface area contributed by atoms with E-state index in [-0.39, 0.29) is 17.8 Å². The molecule has 1 saturated carbocycles. The monoisotopic (exact) mass is 266 g/mol. The second-order valence-electron chi connectivity index (χ2n) is 4.99. The molecule has 4 nitrogen and oxygen atoms in total. The summed E-state index contributed by atoms with van der Waals surface area (Å²) < 4.78 is 18.6. The van der Waals surface area contributed by atoms with E-state index in [1.807, 2.05) is 0 Å². The predicted molar refractivity (Wildman–Crippen MR) is 70.3 cm³/mol. The van der Waals surface area contributed by atoms with E-state index < -0.39 is 5.54 Å². The van der Waals surface area contributed by atoms with Crippen LogP contribution in [0.15, 0.2) is 24.3 Å². The Morgan fingerprint density at radius 1 is 1.47 bits per heavy atom. The van der Waals surface area contributed by atoms with Gasteiger partial charge in [-0.15, -0.1) is 0 Å². The van der Waals surface area contributed by atoms with Crippen molar-refractivity contribution >= 4 is 5.91 Å². The van der Waals surface area contributed by atoms with Crippen molar-refractivity contribution in [3.05, 3.63) is 30.1 Å². The maximum atomic E-state index is 12.8. The third-order valence-corrected chi connectivity index (χ3v) is 3.77. The topological polar surface area (TPSA) is 64.3 Å². The number of nitrogens with one attached hydrogen (secondary N) is 1. The van der Waals surface area contributed by atoms with E-state index in [2.05, 4.69) is 5.32 Å². The Kier molecular flexibility index (Phi) is 4.04. The fourth-order valence-electron chi connectivity index (χ4n) is 2.60. The number of halogens is 1. The Morgan fingerprint density at radius 3 is 2.74 bits per heavy atom. The SMILES string of the molecule is CNC1(C(N)=O)CCCC(Oc2ccc(F)cc2)C1. The lowest BCUT2D eigenvalue weighted by Crippen LogP contribution is -2.58. The van der Waals surface area contributed by atoms with Gasteiger partial charge in [-0.2, -0.15) is 0 Å².